The molecule has 7 heteroatoms. The van der Waals surface area contributed by atoms with E-state index in [2.05, 4.69) is 50.8 Å². The zero-order valence-corrected chi connectivity index (χ0v) is 15.3. The highest BCUT2D eigenvalue weighted by Crippen LogP contribution is 2.29. The third-order valence-electron chi connectivity index (χ3n) is 3.78. The number of rotatable bonds is 8. The van der Waals surface area contributed by atoms with E-state index < -0.39 is 0 Å². The molecule has 132 valence electrons. The Morgan fingerprint density at radius 3 is 2.72 bits per heavy atom. The number of thioether (sulfide) groups is 1. The summed E-state index contributed by atoms with van der Waals surface area (Å²) < 4.78 is 2.06. The van der Waals surface area contributed by atoms with Crippen molar-refractivity contribution in [3.8, 4) is 0 Å². The van der Waals surface area contributed by atoms with Gasteiger partial charge >= 0.3 is 0 Å². The molecule has 0 fully saturated rings. The number of imidazole rings is 1. The van der Waals surface area contributed by atoms with Crippen molar-refractivity contribution >= 4 is 28.9 Å². The van der Waals surface area contributed by atoms with Crippen LogP contribution in [0.3, 0.4) is 0 Å². The van der Waals surface area contributed by atoms with Crippen LogP contribution in [0.15, 0.2) is 41.7 Å². The molecule has 0 bridgehead atoms. The molecule has 3 rings (SSSR count). The van der Waals surface area contributed by atoms with E-state index in [0.717, 1.165) is 21.9 Å². The van der Waals surface area contributed by atoms with Gasteiger partial charge in [-0.05, 0) is 25.8 Å². The number of anilines is 1. The van der Waals surface area contributed by atoms with Crippen LogP contribution in [0.1, 0.15) is 31.9 Å². The van der Waals surface area contributed by atoms with Crippen molar-refractivity contribution in [1.82, 2.24) is 19.5 Å². The molecular weight excluding hydrogens is 334 g/mol. The van der Waals surface area contributed by atoms with E-state index in [0.29, 0.717) is 18.9 Å². The van der Waals surface area contributed by atoms with Crippen LogP contribution in [-0.2, 0) is 5.75 Å². The summed E-state index contributed by atoms with van der Waals surface area (Å²) in [6, 6.07) is 10.6. The summed E-state index contributed by atoms with van der Waals surface area (Å²) in [4.78, 5) is 13.8. The van der Waals surface area contributed by atoms with Crippen molar-refractivity contribution in [2.45, 2.75) is 37.1 Å². The van der Waals surface area contributed by atoms with Gasteiger partial charge in [-0.15, -0.1) is 0 Å². The van der Waals surface area contributed by atoms with Crippen LogP contribution in [0.2, 0.25) is 0 Å². The SMILES string of the molecule is CC(C)n1cnc2c(SCc3ccccc3)nc(NCCCO)nc21. The Morgan fingerprint density at radius 1 is 1.20 bits per heavy atom. The maximum Gasteiger partial charge on any atom is 0.225 e. The quantitative estimate of drug-likeness (QED) is 0.365. The number of hydrogen-bond acceptors (Lipinski definition) is 6. The molecular formula is C18H23N5OS. The van der Waals surface area contributed by atoms with E-state index >= 15 is 0 Å². The van der Waals surface area contributed by atoms with Gasteiger partial charge in [-0.2, -0.15) is 4.98 Å². The number of nitrogens with zero attached hydrogens (tertiary/aromatic N) is 4. The molecule has 0 atom stereocenters. The van der Waals surface area contributed by atoms with Gasteiger partial charge in [0.15, 0.2) is 5.65 Å². The Balaban J connectivity index is 1.91. The fourth-order valence-electron chi connectivity index (χ4n) is 2.45. The molecule has 0 unspecified atom stereocenters. The molecule has 0 radical (unpaired) electrons. The molecule has 0 amide bonds. The average Bonchev–Trinajstić information content (AvgIpc) is 3.05. The van der Waals surface area contributed by atoms with Crippen LogP contribution >= 0.6 is 11.8 Å². The van der Waals surface area contributed by atoms with Gasteiger partial charge in [-0.1, -0.05) is 42.1 Å². The molecule has 0 saturated carbocycles. The highest BCUT2D eigenvalue weighted by atomic mass is 32.2. The second-order valence-corrected chi connectivity index (χ2v) is 7.01. The molecule has 25 heavy (non-hydrogen) atoms. The third kappa shape index (κ3) is 4.29. The summed E-state index contributed by atoms with van der Waals surface area (Å²) in [5.74, 6) is 1.41. The summed E-state index contributed by atoms with van der Waals surface area (Å²) in [5.41, 5.74) is 2.92. The first-order valence-corrected chi connectivity index (χ1v) is 9.43. The molecule has 1 aromatic carbocycles. The van der Waals surface area contributed by atoms with E-state index in [1.807, 2.05) is 24.5 Å². The van der Waals surface area contributed by atoms with Crippen molar-refractivity contribution in [3.05, 3.63) is 42.2 Å². The molecule has 6 nitrogen and oxygen atoms in total. The molecule has 0 aliphatic heterocycles. The van der Waals surface area contributed by atoms with Crippen LogP contribution in [0, 0.1) is 0 Å². The van der Waals surface area contributed by atoms with Gasteiger partial charge in [0.05, 0.1) is 6.33 Å². The highest BCUT2D eigenvalue weighted by molar-refractivity contribution is 7.98. The van der Waals surface area contributed by atoms with Gasteiger partial charge in [0.2, 0.25) is 5.95 Å². The largest absolute Gasteiger partial charge is 0.396 e. The number of fused-ring (bicyclic) bond motifs is 1. The smallest absolute Gasteiger partial charge is 0.225 e. The Kier molecular flexibility index (Phi) is 5.88. The number of benzene rings is 1. The first kappa shape index (κ1) is 17.7. The van der Waals surface area contributed by atoms with Gasteiger partial charge in [0, 0.05) is 24.9 Å². The lowest BCUT2D eigenvalue weighted by atomic mass is 10.2. The summed E-state index contributed by atoms with van der Waals surface area (Å²) in [5, 5.41) is 13.0. The van der Waals surface area contributed by atoms with E-state index in [4.69, 9.17) is 5.11 Å². The third-order valence-corrected chi connectivity index (χ3v) is 4.82. The van der Waals surface area contributed by atoms with Crippen molar-refractivity contribution in [2.75, 3.05) is 18.5 Å². The standard InChI is InChI=1S/C18H23N5OS/c1-13(2)23-12-20-15-16(23)21-18(19-9-6-10-24)22-17(15)25-11-14-7-4-3-5-8-14/h3-5,7-8,12-13,24H,6,9-11H2,1-2H3,(H,19,21,22). The van der Waals surface area contributed by atoms with E-state index in [1.165, 1.54) is 5.56 Å². The molecule has 2 aromatic heterocycles. The van der Waals surface area contributed by atoms with E-state index in [-0.39, 0.29) is 12.6 Å². The molecule has 3 aromatic rings. The minimum absolute atomic E-state index is 0.148. The predicted molar refractivity (Wildman–Crippen MR) is 102 cm³/mol. The minimum atomic E-state index is 0.148. The van der Waals surface area contributed by atoms with E-state index in [9.17, 15) is 0 Å². The average molecular weight is 357 g/mol. The molecule has 0 saturated heterocycles. The summed E-state index contributed by atoms with van der Waals surface area (Å²) in [6.45, 7) is 5.01. The van der Waals surface area contributed by atoms with Crippen molar-refractivity contribution in [2.24, 2.45) is 0 Å². The van der Waals surface area contributed by atoms with Crippen LogP contribution in [0.4, 0.5) is 5.95 Å². The molecule has 0 aliphatic rings. The van der Waals surface area contributed by atoms with Gasteiger partial charge in [-0.25, -0.2) is 9.97 Å². The minimum Gasteiger partial charge on any atom is -0.396 e. The first-order valence-electron chi connectivity index (χ1n) is 8.45. The Morgan fingerprint density at radius 2 is 2.00 bits per heavy atom. The monoisotopic (exact) mass is 357 g/mol. The van der Waals surface area contributed by atoms with Crippen molar-refractivity contribution in [3.63, 3.8) is 0 Å². The highest BCUT2D eigenvalue weighted by Gasteiger charge is 2.15. The number of aliphatic hydroxyl groups is 1. The molecule has 2 heterocycles. The molecule has 0 aliphatic carbocycles. The van der Waals surface area contributed by atoms with Crippen molar-refractivity contribution in [1.29, 1.82) is 0 Å². The molecule has 0 spiro atoms. The van der Waals surface area contributed by atoms with Crippen LogP contribution < -0.4 is 5.32 Å². The lowest BCUT2D eigenvalue weighted by molar-refractivity contribution is 0.292. The normalized spacial score (nSPS) is 11.4. The number of nitrogens with one attached hydrogen (secondary N) is 1. The number of hydrogen-bond donors (Lipinski definition) is 2. The topological polar surface area (TPSA) is 75.9 Å². The van der Waals surface area contributed by atoms with Gasteiger partial charge in [0.1, 0.15) is 10.5 Å². The summed E-state index contributed by atoms with van der Waals surface area (Å²) >= 11 is 1.67. The van der Waals surface area contributed by atoms with Gasteiger partial charge < -0.3 is 15.0 Å². The predicted octanol–water partition coefficient (Wildman–Crippen LogP) is 3.49. The Labute approximate surface area is 151 Å². The number of aromatic nitrogens is 4. The van der Waals surface area contributed by atoms with Crippen molar-refractivity contribution < 1.29 is 5.11 Å². The van der Waals surface area contributed by atoms with E-state index in [1.54, 1.807) is 11.8 Å². The zero-order valence-electron chi connectivity index (χ0n) is 14.5. The second kappa shape index (κ2) is 8.31. The fourth-order valence-corrected chi connectivity index (χ4v) is 3.38. The first-order chi connectivity index (χ1) is 12.2. The molecule has 2 N–H and O–H groups in total. The lowest BCUT2D eigenvalue weighted by Gasteiger charge is -2.10. The lowest BCUT2D eigenvalue weighted by Crippen LogP contribution is -2.09. The maximum atomic E-state index is 8.97. The maximum absolute atomic E-state index is 8.97. The Bertz CT molecular complexity index is 819. The fraction of sp³-hybridized carbons (Fsp3) is 0.389. The summed E-state index contributed by atoms with van der Waals surface area (Å²) in [7, 11) is 0. The van der Waals surface area contributed by atoms with Crippen LogP contribution in [0.5, 0.6) is 0 Å². The van der Waals surface area contributed by atoms with Gasteiger partial charge in [-0.3, -0.25) is 0 Å². The van der Waals surface area contributed by atoms with Gasteiger partial charge in [0.25, 0.3) is 0 Å². The summed E-state index contributed by atoms with van der Waals surface area (Å²) in [6.07, 6.45) is 2.49. The Hall–Kier alpha value is -2.12. The second-order valence-electron chi connectivity index (χ2n) is 6.05. The van der Waals surface area contributed by atoms with Crippen LogP contribution in [-0.4, -0.2) is 37.8 Å². The number of aliphatic hydroxyl groups excluding tert-OH is 1. The van der Waals surface area contributed by atoms with Crippen LogP contribution in [0.25, 0.3) is 11.2 Å². The zero-order chi connectivity index (χ0) is 17.6.